The summed E-state index contributed by atoms with van der Waals surface area (Å²) in [6.45, 7) is 4.46. The number of nitrogens with zero attached hydrogens (tertiary/aromatic N) is 1. The second kappa shape index (κ2) is 5.33. The second-order valence-corrected chi connectivity index (χ2v) is 6.29. The monoisotopic (exact) mass is 264 g/mol. The van der Waals surface area contributed by atoms with Gasteiger partial charge in [-0.05, 0) is 30.2 Å². The van der Waals surface area contributed by atoms with E-state index in [2.05, 4.69) is 26.0 Å². The molecule has 1 amide bonds. The second-order valence-electron chi connectivity index (χ2n) is 5.13. The molecule has 0 aliphatic carbocycles. The van der Waals surface area contributed by atoms with Crippen molar-refractivity contribution in [3.63, 3.8) is 0 Å². The van der Waals surface area contributed by atoms with Gasteiger partial charge in [0.25, 0.3) is 0 Å². The maximum atomic E-state index is 11.8. The number of hydrogen-bond acceptors (Lipinski definition) is 3. The van der Waals surface area contributed by atoms with Crippen molar-refractivity contribution < 1.29 is 4.79 Å². The van der Waals surface area contributed by atoms with Gasteiger partial charge in [0.05, 0.1) is 0 Å². The van der Waals surface area contributed by atoms with Crippen molar-refractivity contribution in [1.29, 1.82) is 0 Å². The number of fused-ring (bicyclic) bond motifs is 1. The highest BCUT2D eigenvalue weighted by atomic mass is 32.2. The van der Waals surface area contributed by atoms with Gasteiger partial charge < -0.3 is 10.6 Å². The van der Waals surface area contributed by atoms with Crippen LogP contribution in [0.15, 0.2) is 23.1 Å². The van der Waals surface area contributed by atoms with Crippen LogP contribution in [0.1, 0.15) is 31.9 Å². The largest absolute Gasteiger partial charge is 0.316 e. The highest BCUT2D eigenvalue weighted by Crippen LogP contribution is 2.36. The van der Waals surface area contributed by atoms with Crippen LogP contribution in [0.3, 0.4) is 0 Å². The minimum atomic E-state index is -0.486. The lowest BCUT2D eigenvalue weighted by molar-refractivity contribution is -0.118. The fraction of sp³-hybridized carbons (Fsp3) is 0.500. The number of carbonyl (C=O) groups excluding carboxylic acids is 1. The van der Waals surface area contributed by atoms with E-state index in [1.807, 2.05) is 17.8 Å². The number of likely N-dealkylation sites (N-methyl/N-ethyl adjacent to an activating group) is 1. The molecule has 1 atom stereocenters. The van der Waals surface area contributed by atoms with E-state index in [9.17, 15) is 4.79 Å². The Morgan fingerprint density at radius 1 is 1.44 bits per heavy atom. The van der Waals surface area contributed by atoms with E-state index >= 15 is 0 Å². The topological polar surface area (TPSA) is 46.3 Å². The molecular weight excluding hydrogens is 244 g/mol. The predicted molar refractivity (Wildman–Crippen MR) is 77.0 cm³/mol. The van der Waals surface area contributed by atoms with Crippen LogP contribution in [0.2, 0.25) is 0 Å². The van der Waals surface area contributed by atoms with Gasteiger partial charge in [0, 0.05) is 23.2 Å². The van der Waals surface area contributed by atoms with Crippen LogP contribution in [0.25, 0.3) is 0 Å². The maximum absolute atomic E-state index is 11.8. The van der Waals surface area contributed by atoms with Gasteiger partial charge in [0.2, 0.25) is 5.91 Å². The van der Waals surface area contributed by atoms with Crippen LogP contribution in [-0.4, -0.2) is 18.7 Å². The molecule has 2 N–H and O–H groups in total. The van der Waals surface area contributed by atoms with Gasteiger partial charge >= 0.3 is 0 Å². The van der Waals surface area contributed by atoms with Crippen molar-refractivity contribution in [2.75, 3.05) is 17.7 Å². The average molecular weight is 264 g/mol. The van der Waals surface area contributed by atoms with E-state index in [0.29, 0.717) is 0 Å². The van der Waals surface area contributed by atoms with Gasteiger partial charge in [-0.3, -0.25) is 4.79 Å². The number of rotatable bonds is 4. The highest BCUT2D eigenvalue weighted by Gasteiger charge is 2.32. The average Bonchev–Trinajstić information content (AvgIpc) is 2.54. The molecule has 98 valence electrons. The first-order chi connectivity index (χ1) is 8.50. The van der Waals surface area contributed by atoms with Crippen LogP contribution in [0, 0.1) is 5.92 Å². The fourth-order valence-electron chi connectivity index (χ4n) is 2.04. The number of thioether (sulfide) groups is 1. The first-order valence-electron chi connectivity index (χ1n) is 6.30. The third kappa shape index (κ3) is 2.54. The molecule has 0 fully saturated rings. The number of amides is 1. The number of carbonyl (C=O) groups is 1. The molecule has 0 spiro atoms. The molecule has 3 nitrogen and oxygen atoms in total. The van der Waals surface area contributed by atoms with Crippen molar-refractivity contribution in [2.24, 2.45) is 11.7 Å². The molecule has 0 saturated heterocycles. The molecule has 4 heteroatoms. The van der Waals surface area contributed by atoms with Gasteiger partial charge in [-0.1, -0.05) is 19.9 Å². The third-order valence-corrected chi connectivity index (χ3v) is 4.29. The summed E-state index contributed by atoms with van der Waals surface area (Å²) >= 11 is 1.84. The Kier molecular flexibility index (Phi) is 3.97. The summed E-state index contributed by atoms with van der Waals surface area (Å²) in [5.74, 6) is 1.82. The van der Waals surface area contributed by atoms with Gasteiger partial charge in [-0.25, -0.2) is 0 Å². The predicted octanol–water partition coefficient (Wildman–Crippen LogP) is 2.80. The van der Waals surface area contributed by atoms with Crippen LogP contribution < -0.4 is 10.6 Å². The highest BCUT2D eigenvalue weighted by molar-refractivity contribution is 7.99. The number of nitrogens with two attached hydrogens (primary N) is 1. The zero-order valence-corrected chi connectivity index (χ0v) is 12.0. The van der Waals surface area contributed by atoms with E-state index in [0.717, 1.165) is 22.9 Å². The van der Waals surface area contributed by atoms with Crippen molar-refractivity contribution in [3.8, 4) is 0 Å². The minimum Gasteiger partial charge on any atom is -0.316 e. The molecule has 1 heterocycles. The van der Waals surface area contributed by atoms with Crippen molar-refractivity contribution in [2.45, 2.75) is 31.2 Å². The molecule has 18 heavy (non-hydrogen) atoms. The molecule has 1 unspecified atom stereocenters. The van der Waals surface area contributed by atoms with E-state index in [1.54, 1.807) is 11.9 Å². The summed E-state index contributed by atoms with van der Waals surface area (Å²) in [6.07, 6.45) is 1.20. The van der Waals surface area contributed by atoms with E-state index in [1.165, 1.54) is 11.3 Å². The SMILES string of the molecule is CC(C)CCSc1ccc2c(c1)N(C)C(=O)C2N. The van der Waals surface area contributed by atoms with Crippen LogP contribution in [0.5, 0.6) is 0 Å². The summed E-state index contributed by atoms with van der Waals surface area (Å²) in [5.41, 5.74) is 7.77. The summed E-state index contributed by atoms with van der Waals surface area (Å²) in [4.78, 5) is 14.6. The summed E-state index contributed by atoms with van der Waals surface area (Å²) in [6, 6.07) is 5.64. The molecule has 0 aromatic heterocycles. The Labute approximate surface area is 113 Å². The normalized spacial score (nSPS) is 18.6. The lowest BCUT2D eigenvalue weighted by atomic mass is 10.1. The van der Waals surface area contributed by atoms with Crippen molar-refractivity contribution >= 4 is 23.4 Å². The van der Waals surface area contributed by atoms with E-state index in [4.69, 9.17) is 5.73 Å². The molecule has 1 aromatic carbocycles. The Morgan fingerprint density at radius 3 is 2.83 bits per heavy atom. The van der Waals surface area contributed by atoms with Crippen molar-refractivity contribution in [3.05, 3.63) is 23.8 Å². The van der Waals surface area contributed by atoms with Gasteiger partial charge in [0.15, 0.2) is 0 Å². The Hall–Kier alpha value is -1.00. The Bertz CT molecular complexity index is 459. The summed E-state index contributed by atoms with van der Waals surface area (Å²) in [7, 11) is 1.79. The Balaban J connectivity index is 2.11. The summed E-state index contributed by atoms with van der Waals surface area (Å²) in [5, 5.41) is 0. The molecule has 0 radical (unpaired) electrons. The zero-order valence-electron chi connectivity index (χ0n) is 11.1. The van der Waals surface area contributed by atoms with Crippen molar-refractivity contribution in [1.82, 2.24) is 0 Å². The first-order valence-corrected chi connectivity index (χ1v) is 7.29. The quantitative estimate of drug-likeness (QED) is 0.851. The van der Waals surface area contributed by atoms with E-state index < -0.39 is 6.04 Å². The number of benzene rings is 1. The number of hydrogen-bond donors (Lipinski definition) is 1. The standard InChI is InChI=1S/C14H20N2OS/c1-9(2)6-7-18-10-4-5-11-12(8-10)16(3)14(17)13(11)15/h4-5,8-9,13H,6-7,15H2,1-3H3. The van der Waals surface area contributed by atoms with Gasteiger partial charge in [0.1, 0.15) is 6.04 Å². The lowest BCUT2D eigenvalue weighted by Crippen LogP contribution is -2.27. The van der Waals surface area contributed by atoms with Gasteiger partial charge in [-0.2, -0.15) is 0 Å². The molecular formula is C14H20N2OS. The van der Waals surface area contributed by atoms with E-state index in [-0.39, 0.29) is 5.91 Å². The molecule has 2 rings (SSSR count). The molecule has 1 aliphatic rings. The Morgan fingerprint density at radius 2 is 2.17 bits per heavy atom. The summed E-state index contributed by atoms with van der Waals surface area (Å²) < 4.78 is 0. The van der Waals surface area contributed by atoms with Crippen LogP contribution in [0.4, 0.5) is 5.69 Å². The smallest absolute Gasteiger partial charge is 0.248 e. The molecule has 1 aliphatic heterocycles. The first kappa shape index (κ1) is 13.4. The van der Waals surface area contributed by atoms with Gasteiger partial charge in [-0.15, -0.1) is 11.8 Å². The lowest BCUT2D eigenvalue weighted by Gasteiger charge is -2.11. The van der Waals surface area contributed by atoms with Crippen LogP contribution in [-0.2, 0) is 4.79 Å². The minimum absolute atomic E-state index is 0.0191. The fourth-order valence-corrected chi connectivity index (χ4v) is 3.22. The molecule has 0 saturated carbocycles. The molecule has 0 bridgehead atoms. The zero-order chi connectivity index (χ0) is 13.3. The number of anilines is 1. The van der Waals surface area contributed by atoms with Crippen LogP contribution >= 0.6 is 11.8 Å². The molecule has 1 aromatic rings. The maximum Gasteiger partial charge on any atom is 0.248 e. The third-order valence-electron chi connectivity index (χ3n) is 3.26.